The summed E-state index contributed by atoms with van der Waals surface area (Å²) in [6, 6.07) is 2.82. The zero-order valence-electron chi connectivity index (χ0n) is 7.80. The maximum Gasteiger partial charge on any atom is 0.335 e. The zero-order chi connectivity index (χ0) is 10.4. The summed E-state index contributed by atoms with van der Waals surface area (Å²) in [6.45, 7) is 2.27. The van der Waals surface area contributed by atoms with Crippen molar-refractivity contribution >= 4 is 5.97 Å². The molecule has 0 bridgehead atoms. The van der Waals surface area contributed by atoms with Gasteiger partial charge in [0.15, 0.2) is 0 Å². The smallest absolute Gasteiger partial charge is 0.335 e. The van der Waals surface area contributed by atoms with Crippen LogP contribution in [0.25, 0.3) is 0 Å². The van der Waals surface area contributed by atoms with Gasteiger partial charge in [-0.15, -0.1) is 0 Å². The molecule has 14 heavy (non-hydrogen) atoms. The first kappa shape index (κ1) is 10.2. The predicted octanol–water partition coefficient (Wildman–Crippen LogP) is 1.73. The van der Waals surface area contributed by atoms with Gasteiger partial charge in [-0.2, -0.15) is 0 Å². The minimum atomic E-state index is -0.983. The maximum atomic E-state index is 10.6. The zero-order valence-corrected chi connectivity index (χ0v) is 7.80. The van der Waals surface area contributed by atoms with Crippen LogP contribution in [0.2, 0.25) is 0 Å². The Hall–Kier alpha value is -1.84. The first-order valence-corrected chi connectivity index (χ1v) is 4.17. The fraction of sp³-hybridized carbons (Fsp3) is 0.200. The summed E-state index contributed by atoms with van der Waals surface area (Å²) in [5.74, 6) is -0.661. The fourth-order valence-electron chi connectivity index (χ4n) is 0.851. The molecule has 0 fully saturated rings. The van der Waals surface area contributed by atoms with E-state index in [1.165, 1.54) is 18.3 Å². The summed E-state index contributed by atoms with van der Waals surface area (Å²) in [7, 11) is 0. The van der Waals surface area contributed by atoms with Gasteiger partial charge in [-0.1, -0.05) is 12.2 Å². The molecule has 0 atom stereocenters. The molecule has 0 saturated heterocycles. The Bertz CT molecular complexity index is 347. The van der Waals surface area contributed by atoms with Gasteiger partial charge in [0.05, 0.1) is 5.56 Å². The summed E-state index contributed by atoms with van der Waals surface area (Å²) >= 11 is 0. The maximum absolute atomic E-state index is 10.6. The second-order valence-corrected chi connectivity index (χ2v) is 2.57. The van der Waals surface area contributed by atoms with E-state index in [1.807, 2.05) is 19.1 Å². The SMILES string of the molecule is CC=CCOc1cc(C(=O)O)ccn1. The molecule has 4 nitrogen and oxygen atoms in total. The van der Waals surface area contributed by atoms with Crippen LogP contribution in [-0.2, 0) is 0 Å². The number of hydrogen-bond donors (Lipinski definition) is 1. The van der Waals surface area contributed by atoms with Crippen molar-refractivity contribution in [1.29, 1.82) is 0 Å². The number of aromatic nitrogens is 1. The summed E-state index contributed by atoms with van der Waals surface area (Å²) in [5.41, 5.74) is 0.176. The second-order valence-electron chi connectivity index (χ2n) is 2.57. The summed E-state index contributed by atoms with van der Waals surface area (Å²) in [6.07, 6.45) is 5.07. The van der Waals surface area contributed by atoms with E-state index in [4.69, 9.17) is 9.84 Å². The minimum Gasteiger partial charge on any atom is -0.478 e. The highest BCUT2D eigenvalue weighted by molar-refractivity contribution is 5.87. The average molecular weight is 193 g/mol. The molecule has 1 rings (SSSR count). The highest BCUT2D eigenvalue weighted by Crippen LogP contribution is 2.08. The third kappa shape index (κ3) is 2.90. The molecule has 0 amide bonds. The lowest BCUT2D eigenvalue weighted by Gasteiger charge is -2.01. The van der Waals surface area contributed by atoms with Gasteiger partial charge < -0.3 is 9.84 Å². The van der Waals surface area contributed by atoms with Crippen LogP contribution >= 0.6 is 0 Å². The molecule has 0 aliphatic carbocycles. The predicted molar refractivity (Wildman–Crippen MR) is 51.5 cm³/mol. The Kier molecular flexibility index (Phi) is 3.67. The molecule has 1 heterocycles. The van der Waals surface area contributed by atoms with E-state index >= 15 is 0 Å². The Morgan fingerprint density at radius 2 is 2.50 bits per heavy atom. The quantitative estimate of drug-likeness (QED) is 0.740. The highest BCUT2D eigenvalue weighted by Gasteiger charge is 2.03. The lowest BCUT2D eigenvalue weighted by atomic mass is 10.3. The number of ether oxygens (including phenoxy) is 1. The number of carboxylic acids is 1. The van der Waals surface area contributed by atoms with Crippen LogP contribution in [0.4, 0.5) is 0 Å². The Labute approximate surface area is 81.9 Å². The standard InChI is InChI=1S/C10H11NO3/c1-2-3-6-14-9-7-8(10(12)13)4-5-11-9/h2-5,7H,6H2,1H3,(H,12,13). The third-order valence-electron chi connectivity index (χ3n) is 1.54. The highest BCUT2D eigenvalue weighted by atomic mass is 16.5. The largest absolute Gasteiger partial charge is 0.478 e. The van der Waals surface area contributed by atoms with Crippen LogP contribution in [0.3, 0.4) is 0 Å². The monoisotopic (exact) mass is 193 g/mol. The lowest BCUT2D eigenvalue weighted by molar-refractivity contribution is 0.0696. The molecule has 0 unspecified atom stereocenters. The summed E-state index contributed by atoms with van der Waals surface area (Å²) < 4.78 is 5.18. The van der Waals surface area contributed by atoms with Gasteiger partial charge >= 0.3 is 5.97 Å². The van der Waals surface area contributed by atoms with Crippen LogP contribution in [-0.4, -0.2) is 22.7 Å². The van der Waals surface area contributed by atoms with Gasteiger partial charge in [0.25, 0.3) is 0 Å². The molecule has 0 saturated carbocycles. The number of hydrogen-bond acceptors (Lipinski definition) is 3. The Morgan fingerprint density at radius 3 is 3.14 bits per heavy atom. The minimum absolute atomic E-state index is 0.176. The second kappa shape index (κ2) is 5.01. The van der Waals surface area contributed by atoms with Crippen molar-refractivity contribution in [2.75, 3.05) is 6.61 Å². The van der Waals surface area contributed by atoms with Crippen molar-refractivity contribution in [3.8, 4) is 5.88 Å². The molecular weight excluding hydrogens is 182 g/mol. The van der Waals surface area contributed by atoms with E-state index < -0.39 is 5.97 Å². The number of carboxylic acid groups (broad SMARTS) is 1. The van der Waals surface area contributed by atoms with Gasteiger partial charge in [-0.3, -0.25) is 0 Å². The number of pyridine rings is 1. The summed E-state index contributed by atoms with van der Waals surface area (Å²) in [4.78, 5) is 14.5. The molecule has 4 heteroatoms. The van der Waals surface area contributed by atoms with Crippen LogP contribution in [0.1, 0.15) is 17.3 Å². The van der Waals surface area contributed by atoms with Crippen molar-refractivity contribution in [2.24, 2.45) is 0 Å². The van der Waals surface area contributed by atoms with Gasteiger partial charge in [-0.05, 0) is 13.0 Å². The first-order chi connectivity index (χ1) is 6.74. The number of rotatable bonds is 4. The molecule has 1 aromatic rings. The average Bonchev–Trinajstić information content (AvgIpc) is 2.19. The molecule has 0 aliphatic heterocycles. The number of aromatic carboxylic acids is 1. The molecule has 74 valence electrons. The molecule has 1 N–H and O–H groups in total. The Balaban J connectivity index is 2.68. The van der Waals surface area contributed by atoms with E-state index in [0.717, 1.165) is 0 Å². The number of nitrogens with zero attached hydrogens (tertiary/aromatic N) is 1. The van der Waals surface area contributed by atoms with Crippen LogP contribution in [0.5, 0.6) is 5.88 Å². The summed E-state index contributed by atoms with van der Waals surface area (Å²) in [5, 5.41) is 8.68. The molecule has 0 aromatic carbocycles. The lowest BCUT2D eigenvalue weighted by Crippen LogP contribution is -2.00. The molecule has 1 aromatic heterocycles. The van der Waals surface area contributed by atoms with Crippen molar-refractivity contribution in [2.45, 2.75) is 6.92 Å². The first-order valence-electron chi connectivity index (χ1n) is 4.17. The third-order valence-corrected chi connectivity index (χ3v) is 1.54. The molecule has 0 aliphatic rings. The van der Waals surface area contributed by atoms with E-state index in [9.17, 15) is 4.79 Å². The van der Waals surface area contributed by atoms with Crippen molar-refractivity contribution in [1.82, 2.24) is 4.98 Å². The van der Waals surface area contributed by atoms with Crippen molar-refractivity contribution in [3.63, 3.8) is 0 Å². The van der Waals surface area contributed by atoms with E-state index in [1.54, 1.807) is 0 Å². The van der Waals surface area contributed by atoms with E-state index in [-0.39, 0.29) is 5.56 Å². The topological polar surface area (TPSA) is 59.4 Å². The molecule has 0 radical (unpaired) electrons. The van der Waals surface area contributed by atoms with Crippen molar-refractivity contribution in [3.05, 3.63) is 36.0 Å². The number of carbonyl (C=O) groups is 1. The fourth-order valence-corrected chi connectivity index (χ4v) is 0.851. The van der Waals surface area contributed by atoms with E-state index in [0.29, 0.717) is 12.5 Å². The molecular formula is C10H11NO3. The molecule has 0 spiro atoms. The number of allylic oxidation sites excluding steroid dienone is 1. The van der Waals surface area contributed by atoms with Gasteiger partial charge in [-0.25, -0.2) is 9.78 Å². The van der Waals surface area contributed by atoms with Crippen LogP contribution < -0.4 is 4.74 Å². The normalized spacial score (nSPS) is 10.4. The van der Waals surface area contributed by atoms with Crippen molar-refractivity contribution < 1.29 is 14.6 Å². The van der Waals surface area contributed by atoms with Crippen LogP contribution in [0, 0.1) is 0 Å². The van der Waals surface area contributed by atoms with Gasteiger partial charge in [0.1, 0.15) is 6.61 Å². The van der Waals surface area contributed by atoms with Gasteiger partial charge in [0.2, 0.25) is 5.88 Å². The Morgan fingerprint density at radius 1 is 1.71 bits per heavy atom. The van der Waals surface area contributed by atoms with Gasteiger partial charge in [0, 0.05) is 12.3 Å². The van der Waals surface area contributed by atoms with E-state index in [2.05, 4.69) is 4.98 Å². The van der Waals surface area contributed by atoms with Crippen LogP contribution in [0.15, 0.2) is 30.5 Å².